The zero-order chi connectivity index (χ0) is 58.1. The highest BCUT2D eigenvalue weighted by Gasteiger charge is 2.51. The number of hydrogen-bond donors (Lipinski definition) is 0. The van der Waals surface area contributed by atoms with Crippen molar-refractivity contribution >= 4 is 86.1 Å². The Balaban J connectivity index is 1.25. The van der Waals surface area contributed by atoms with Crippen molar-refractivity contribution in [3.8, 4) is 34.5 Å². The van der Waals surface area contributed by atoms with Crippen LogP contribution in [0.3, 0.4) is 0 Å². The molecule has 0 radical (unpaired) electrons. The van der Waals surface area contributed by atoms with Gasteiger partial charge in [-0.2, -0.15) is 0 Å². The van der Waals surface area contributed by atoms with Crippen molar-refractivity contribution in [3.05, 3.63) is 245 Å². The molecule has 0 unspecified atom stereocenters. The molecule has 6 nitrogen and oxygen atoms in total. The van der Waals surface area contributed by atoms with Crippen LogP contribution in [0.4, 0.5) is 39.8 Å². The van der Waals surface area contributed by atoms with Gasteiger partial charge in [0.05, 0.1) is 0 Å². The van der Waals surface area contributed by atoms with Gasteiger partial charge in [-0.05, 0) is 193 Å². The van der Waals surface area contributed by atoms with Gasteiger partial charge in [0, 0.05) is 75.5 Å². The van der Waals surface area contributed by atoms with Crippen LogP contribution < -0.4 is 56.2 Å². The van der Waals surface area contributed by atoms with Gasteiger partial charge in [0.15, 0.2) is 0 Å². The summed E-state index contributed by atoms with van der Waals surface area (Å²) in [6.07, 6.45) is 12.3. The second-order valence-corrected chi connectivity index (χ2v) is 24.6. The third kappa shape index (κ3) is 9.50. The van der Waals surface area contributed by atoms with E-state index in [1.165, 1.54) is 55.2 Å². The number of fused-ring (bicyclic) bond motifs is 1. The highest BCUT2D eigenvalue weighted by atomic mass is 16.5. The lowest BCUT2D eigenvalue weighted by Gasteiger charge is -2.49. The van der Waals surface area contributed by atoms with E-state index in [1.807, 2.05) is 60.7 Å². The summed E-state index contributed by atoms with van der Waals surface area (Å²) in [7, 11) is 0. The molecule has 0 atom stereocenters. The SMILES string of the molecule is C=C(C)/C=C(\C=C(/C)CCCC)N1/C2=C/C(C)=C(/CCC)c3cc(C)cc4c3B3c5cc6c(cc5N(c5ccccc5)c5cc(Oc7ccccc7)cc(c53)O4)N(c3ccccc3)c3cc(Oc4ccccc4)cc1c3B6\C2=C(\C)C(C)(C)C. The molecule has 8 heteroatoms. The van der Waals surface area contributed by atoms with Crippen LogP contribution >= 0.6 is 0 Å². The first-order chi connectivity index (χ1) is 40.7. The Morgan fingerprint density at radius 3 is 1.69 bits per heavy atom. The number of nitrogens with zero attached hydrogens (tertiary/aromatic N) is 3. The minimum absolute atomic E-state index is 0.215. The van der Waals surface area contributed by atoms with E-state index in [4.69, 9.17) is 14.2 Å². The van der Waals surface area contributed by atoms with Crippen molar-refractivity contribution in [3.63, 3.8) is 0 Å². The largest absolute Gasteiger partial charge is 0.458 e. The summed E-state index contributed by atoms with van der Waals surface area (Å²) in [6, 6.07) is 61.0. The second-order valence-electron chi connectivity index (χ2n) is 24.6. The summed E-state index contributed by atoms with van der Waals surface area (Å²) in [4.78, 5) is 7.57. The van der Waals surface area contributed by atoms with Crippen molar-refractivity contribution in [1.29, 1.82) is 0 Å². The fraction of sp³-hybridized carbons (Fsp3) is 0.211. The first-order valence-corrected chi connectivity index (χ1v) is 30.2. The van der Waals surface area contributed by atoms with E-state index >= 15 is 0 Å². The topological polar surface area (TPSA) is 37.4 Å². The maximum Gasteiger partial charge on any atom is 0.257 e. The third-order valence-electron chi connectivity index (χ3n) is 17.5. The van der Waals surface area contributed by atoms with Crippen molar-refractivity contribution in [2.24, 2.45) is 5.41 Å². The maximum atomic E-state index is 7.45. The van der Waals surface area contributed by atoms with Crippen LogP contribution in [-0.2, 0) is 0 Å². The van der Waals surface area contributed by atoms with Gasteiger partial charge >= 0.3 is 0 Å². The van der Waals surface area contributed by atoms with E-state index in [0.717, 1.165) is 129 Å². The molecule has 84 heavy (non-hydrogen) atoms. The van der Waals surface area contributed by atoms with Gasteiger partial charge in [-0.25, -0.2) is 0 Å². The predicted octanol–water partition coefficient (Wildman–Crippen LogP) is 18.2. The molecule has 0 N–H and O–H groups in total. The minimum Gasteiger partial charge on any atom is -0.458 e. The molecule has 5 aliphatic rings. The highest BCUT2D eigenvalue weighted by molar-refractivity contribution is 7.01. The summed E-state index contributed by atoms with van der Waals surface area (Å²) < 4.78 is 21.4. The van der Waals surface area contributed by atoms with E-state index < -0.39 is 0 Å². The van der Waals surface area contributed by atoms with Crippen LogP contribution in [-0.4, -0.2) is 13.4 Å². The van der Waals surface area contributed by atoms with Gasteiger partial charge in [0.25, 0.3) is 13.4 Å². The number of para-hydroxylation sites is 4. The maximum absolute atomic E-state index is 7.45. The van der Waals surface area contributed by atoms with Gasteiger partial charge in [0.1, 0.15) is 34.5 Å². The Labute approximate surface area is 498 Å². The summed E-state index contributed by atoms with van der Waals surface area (Å²) in [6.45, 7) is 27.3. The van der Waals surface area contributed by atoms with Crippen LogP contribution in [0.25, 0.3) is 5.57 Å². The molecular formula is C76H73B2N3O3. The minimum atomic E-state index is -0.234. The van der Waals surface area contributed by atoms with E-state index in [0.29, 0.717) is 5.75 Å². The molecule has 4 bridgehead atoms. The van der Waals surface area contributed by atoms with Crippen LogP contribution in [0.5, 0.6) is 34.5 Å². The highest BCUT2D eigenvalue weighted by Crippen LogP contribution is 2.52. The van der Waals surface area contributed by atoms with Crippen molar-refractivity contribution in [2.45, 2.75) is 101 Å². The Morgan fingerprint density at radius 1 is 0.571 bits per heavy atom. The van der Waals surface area contributed by atoms with Crippen molar-refractivity contribution < 1.29 is 14.2 Å². The van der Waals surface area contributed by atoms with E-state index in [-0.39, 0.29) is 18.8 Å². The monoisotopic (exact) mass is 1100 g/mol. The molecular weight excluding hydrogens is 1020 g/mol. The molecule has 5 heterocycles. The molecule has 8 aromatic rings. The number of unbranched alkanes of at least 4 members (excludes halogenated alkanes) is 1. The van der Waals surface area contributed by atoms with Crippen LogP contribution in [0.15, 0.2) is 234 Å². The number of rotatable bonds is 14. The predicted molar refractivity (Wildman–Crippen MR) is 356 cm³/mol. The Kier molecular flexibility index (Phi) is 14.1. The average molecular weight is 1100 g/mol. The Morgan fingerprint density at radius 2 is 1.12 bits per heavy atom. The average Bonchev–Trinajstić information content (AvgIpc) is 0.770. The number of aryl methyl sites for hydroxylation is 1. The van der Waals surface area contributed by atoms with Crippen LogP contribution in [0, 0.1) is 12.3 Å². The number of allylic oxidation sites excluding steroid dienone is 9. The fourth-order valence-electron chi connectivity index (χ4n) is 13.6. The van der Waals surface area contributed by atoms with Gasteiger partial charge in [-0.3, -0.25) is 0 Å². The lowest BCUT2D eigenvalue weighted by atomic mass is 9.29. The lowest BCUT2D eigenvalue weighted by molar-refractivity contribution is 0.463. The summed E-state index contributed by atoms with van der Waals surface area (Å²) in [5, 5.41) is 0. The van der Waals surface area contributed by atoms with E-state index in [2.05, 4.69) is 218 Å². The first kappa shape index (κ1) is 54.4. The molecule has 0 fully saturated rings. The number of hydrogen-bond acceptors (Lipinski definition) is 6. The van der Waals surface area contributed by atoms with Gasteiger partial charge in [0.2, 0.25) is 0 Å². The zero-order valence-corrected chi connectivity index (χ0v) is 50.4. The number of ether oxygens (including phenoxy) is 3. The zero-order valence-electron chi connectivity index (χ0n) is 50.4. The summed E-state index contributed by atoms with van der Waals surface area (Å²) in [5.74, 6) is 4.66. The molecule has 0 saturated carbocycles. The molecule has 0 amide bonds. The van der Waals surface area contributed by atoms with Crippen LogP contribution in [0.1, 0.15) is 106 Å². The quantitative estimate of drug-likeness (QED) is 0.0798. The molecule has 13 rings (SSSR count). The molecule has 0 aliphatic carbocycles. The summed E-state index contributed by atoms with van der Waals surface area (Å²) in [5.41, 5.74) is 25.3. The molecule has 8 aromatic carbocycles. The Bertz CT molecular complexity index is 4110. The van der Waals surface area contributed by atoms with Gasteiger partial charge in [-0.15, -0.1) is 0 Å². The Hall–Kier alpha value is -8.87. The molecule has 5 aliphatic heterocycles. The number of benzene rings is 8. The fourth-order valence-corrected chi connectivity index (χ4v) is 13.6. The van der Waals surface area contributed by atoms with Gasteiger partial charge in [-0.1, -0.05) is 156 Å². The lowest BCUT2D eigenvalue weighted by Crippen LogP contribution is -2.63. The van der Waals surface area contributed by atoms with E-state index in [1.54, 1.807) is 0 Å². The molecule has 0 spiro atoms. The number of anilines is 7. The molecule has 0 saturated heterocycles. The normalized spacial score (nSPS) is 16.8. The summed E-state index contributed by atoms with van der Waals surface area (Å²) >= 11 is 0. The smallest absolute Gasteiger partial charge is 0.257 e. The van der Waals surface area contributed by atoms with E-state index in [9.17, 15) is 0 Å². The third-order valence-corrected chi connectivity index (χ3v) is 17.5. The molecule has 416 valence electrons. The van der Waals surface area contributed by atoms with Crippen molar-refractivity contribution in [2.75, 3.05) is 14.7 Å². The van der Waals surface area contributed by atoms with Gasteiger partial charge < -0.3 is 28.9 Å². The second kappa shape index (κ2) is 21.7. The molecule has 0 aromatic heterocycles. The standard InChI is InChI=1S/C76H73B2N3O3/c1-12-14-28-49(5)38-55(37-48(3)4)81-66-41-51(7)60(27-13-2)61-39-50(6)40-70-73(61)78-63-46-62-64(47-65(63)80(54-31-21-16-22-32-54)69-44-59(45-71(84-70)75(69)78)83-57-35-25-18-26-36-57)79(53-29-19-15-20-30-53)67-42-58(82-56-33-23-17-24-34-56)43-68(81)74(67)77(62)72(66)52(8)76(9,10)11/h15-26,29-47H,3,12-14,27-28H2,1-2,4-11H3/b49-38+,55-37+,60-51-,66-41+,72-52-. The van der Waals surface area contributed by atoms with Crippen molar-refractivity contribution in [1.82, 2.24) is 0 Å². The van der Waals surface area contributed by atoms with Crippen LogP contribution in [0.2, 0.25) is 0 Å². The first-order valence-electron chi connectivity index (χ1n) is 30.2.